The van der Waals surface area contributed by atoms with Crippen molar-refractivity contribution in [2.45, 2.75) is 6.92 Å². The number of halogens is 1. The minimum absolute atomic E-state index is 0.197. The van der Waals surface area contributed by atoms with Crippen molar-refractivity contribution < 1.29 is 9.47 Å². The lowest BCUT2D eigenvalue weighted by Gasteiger charge is -2.08. The Hall–Kier alpha value is -1.88. The fourth-order valence-corrected chi connectivity index (χ4v) is 2.32. The smallest absolute Gasteiger partial charge is 0.231 e. The van der Waals surface area contributed by atoms with E-state index in [-0.39, 0.29) is 6.79 Å². The Morgan fingerprint density at radius 1 is 1.41 bits per heavy atom. The van der Waals surface area contributed by atoms with E-state index in [0.29, 0.717) is 22.3 Å². The molecule has 0 bridgehead atoms. The van der Waals surface area contributed by atoms with E-state index in [2.05, 4.69) is 10.2 Å². The first-order chi connectivity index (χ1) is 8.16. The average molecular weight is 252 g/mol. The summed E-state index contributed by atoms with van der Waals surface area (Å²) in [4.78, 5) is 0. The van der Waals surface area contributed by atoms with Crippen molar-refractivity contribution >= 4 is 17.4 Å². The van der Waals surface area contributed by atoms with Gasteiger partial charge in [0.2, 0.25) is 6.79 Å². The van der Waals surface area contributed by atoms with Crippen molar-refractivity contribution in [3.63, 3.8) is 0 Å². The zero-order valence-electron chi connectivity index (χ0n) is 9.08. The number of ether oxygens (including phenoxy) is 2. The van der Waals surface area contributed by atoms with E-state index < -0.39 is 0 Å². The summed E-state index contributed by atoms with van der Waals surface area (Å²) in [6.45, 7) is 2.14. The van der Waals surface area contributed by atoms with Gasteiger partial charge >= 0.3 is 0 Å². The molecule has 0 aliphatic carbocycles. The van der Waals surface area contributed by atoms with Gasteiger partial charge in [0.1, 0.15) is 5.82 Å². The first-order valence-electron chi connectivity index (χ1n) is 5.07. The number of aryl methyl sites for hydroxylation is 1. The molecule has 0 amide bonds. The van der Waals surface area contributed by atoms with Crippen LogP contribution in [0.5, 0.6) is 11.5 Å². The second-order valence-electron chi connectivity index (χ2n) is 3.82. The lowest BCUT2D eigenvalue weighted by molar-refractivity contribution is 0.174. The van der Waals surface area contributed by atoms with E-state index in [1.807, 2.05) is 13.0 Å². The number of aromatic nitrogens is 2. The van der Waals surface area contributed by atoms with Crippen LogP contribution in [-0.2, 0) is 0 Å². The van der Waals surface area contributed by atoms with Crippen LogP contribution in [0.3, 0.4) is 0 Å². The third-order valence-electron chi connectivity index (χ3n) is 2.67. The van der Waals surface area contributed by atoms with Crippen LogP contribution in [0.25, 0.3) is 11.3 Å². The normalized spacial score (nSPS) is 13.1. The van der Waals surface area contributed by atoms with Crippen molar-refractivity contribution in [3.05, 3.63) is 22.7 Å². The van der Waals surface area contributed by atoms with Crippen molar-refractivity contribution in [2.24, 2.45) is 0 Å². The summed E-state index contributed by atoms with van der Waals surface area (Å²) in [6.07, 6.45) is 0. The number of nitrogens with zero attached hydrogens (tertiary/aromatic N) is 1. The Morgan fingerprint density at radius 3 is 2.94 bits per heavy atom. The van der Waals surface area contributed by atoms with E-state index in [1.165, 1.54) is 0 Å². The maximum absolute atomic E-state index is 6.31. The number of fused-ring (bicyclic) bond motifs is 1. The minimum atomic E-state index is 0.197. The van der Waals surface area contributed by atoms with Gasteiger partial charge in [-0.05, 0) is 18.6 Å². The fourth-order valence-electron chi connectivity index (χ4n) is 1.92. The largest absolute Gasteiger partial charge is 0.454 e. The molecule has 0 saturated carbocycles. The molecule has 88 valence electrons. The molecule has 0 unspecified atom stereocenters. The summed E-state index contributed by atoms with van der Waals surface area (Å²) in [5, 5.41) is 7.24. The highest BCUT2D eigenvalue weighted by Gasteiger charge is 2.23. The summed E-state index contributed by atoms with van der Waals surface area (Å²) < 4.78 is 10.6. The van der Waals surface area contributed by atoms with Gasteiger partial charge in [0, 0.05) is 11.6 Å². The first-order valence-corrected chi connectivity index (χ1v) is 5.44. The third kappa shape index (κ3) is 1.51. The first kappa shape index (κ1) is 10.3. The van der Waals surface area contributed by atoms with Gasteiger partial charge in [-0.15, -0.1) is 0 Å². The van der Waals surface area contributed by atoms with Gasteiger partial charge in [0.05, 0.1) is 10.7 Å². The molecule has 0 radical (unpaired) electrons. The molecule has 17 heavy (non-hydrogen) atoms. The molecule has 1 aromatic heterocycles. The van der Waals surface area contributed by atoms with Gasteiger partial charge in [-0.25, -0.2) is 0 Å². The highest BCUT2D eigenvalue weighted by atomic mass is 35.5. The molecular formula is C11H10ClN3O2. The number of anilines is 1. The Kier molecular flexibility index (Phi) is 2.16. The predicted octanol–water partition coefficient (Wildman–Crippen LogP) is 2.35. The van der Waals surface area contributed by atoms with Crippen molar-refractivity contribution in [3.8, 4) is 22.8 Å². The summed E-state index contributed by atoms with van der Waals surface area (Å²) in [5.41, 5.74) is 8.16. The topological polar surface area (TPSA) is 73.2 Å². The van der Waals surface area contributed by atoms with Crippen LogP contribution in [0.15, 0.2) is 12.1 Å². The number of H-pyrrole nitrogens is 1. The highest BCUT2D eigenvalue weighted by Crippen LogP contribution is 2.46. The maximum Gasteiger partial charge on any atom is 0.231 e. The number of hydrogen-bond acceptors (Lipinski definition) is 4. The molecule has 3 rings (SSSR count). The molecule has 1 aromatic carbocycles. The lowest BCUT2D eigenvalue weighted by Crippen LogP contribution is -1.93. The SMILES string of the molecule is Cc1cc2c(c(Cl)c1-c1cc(N)n[nH]1)OCO2. The molecule has 1 aliphatic rings. The molecule has 0 saturated heterocycles. The van der Waals surface area contributed by atoms with E-state index in [9.17, 15) is 0 Å². The number of benzene rings is 1. The van der Waals surface area contributed by atoms with Crippen LogP contribution in [0.1, 0.15) is 5.56 Å². The molecule has 0 fully saturated rings. The van der Waals surface area contributed by atoms with E-state index in [1.54, 1.807) is 6.07 Å². The Balaban J connectivity index is 2.23. The van der Waals surface area contributed by atoms with E-state index in [4.69, 9.17) is 26.8 Å². The predicted molar refractivity (Wildman–Crippen MR) is 64.3 cm³/mol. The van der Waals surface area contributed by atoms with Crippen LogP contribution < -0.4 is 15.2 Å². The average Bonchev–Trinajstić information content (AvgIpc) is 2.87. The zero-order chi connectivity index (χ0) is 12.0. The van der Waals surface area contributed by atoms with Crippen LogP contribution in [0.2, 0.25) is 5.02 Å². The molecule has 3 N–H and O–H groups in total. The monoisotopic (exact) mass is 251 g/mol. The number of rotatable bonds is 1. The highest BCUT2D eigenvalue weighted by molar-refractivity contribution is 6.35. The summed E-state index contributed by atoms with van der Waals surface area (Å²) >= 11 is 6.31. The second-order valence-corrected chi connectivity index (χ2v) is 4.20. The fraction of sp³-hybridized carbons (Fsp3) is 0.182. The molecule has 0 atom stereocenters. The number of aromatic amines is 1. The molecule has 1 aliphatic heterocycles. The van der Waals surface area contributed by atoms with Crippen molar-refractivity contribution in [1.82, 2.24) is 10.2 Å². The Bertz CT molecular complexity index is 595. The van der Waals surface area contributed by atoms with E-state index in [0.717, 1.165) is 16.8 Å². The van der Waals surface area contributed by atoms with Gasteiger partial charge in [0.25, 0.3) is 0 Å². The minimum Gasteiger partial charge on any atom is -0.454 e. The maximum atomic E-state index is 6.31. The summed E-state index contributed by atoms with van der Waals surface area (Å²) in [5.74, 6) is 1.66. The Morgan fingerprint density at radius 2 is 2.24 bits per heavy atom. The molecule has 2 heterocycles. The van der Waals surface area contributed by atoms with Gasteiger partial charge in [-0.2, -0.15) is 5.10 Å². The Labute approximate surface area is 102 Å². The molecule has 2 aromatic rings. The van der Waals surface area contributed by atoms with Crippen LogP contribution in [0, 0.1) is 6.92 Å². The standard InChI is InChI=1S/C11H10ClN3O2/c1-5-2-7-11(17-4-16-7)10(12)9(5)6-3-8(13)15-14-6/h2-3H,4H2,1H3,(H3,13,14,15). The molecule has 6 heteroatoms. The quantitative estimate of drug-likeness (QED) is 0.816. The summed E-state index contributed by atoms with van der Waals surface area (Å²) in [6, 6.07) is 3.62. The summed E-state index contributed by atoms with van der Waals surface area (Å²) in [7, 11) is 0. The van der Waals surface area contributed by atoms with Gasteiger partial charge in [0.15, 0.2) is 11.5 Å². The zero-order valence-corrected chi connectivity index (χ0v) is 9.84. The van der Waals surface area contributed by atoms with Crippen LogP contribution in [-0.4, -0.2) is 17.0 Å². The van der Waals surface area contributed by atoms with Crippen molar-refractivity contribution in [1.29, 1.82) is 0 Å². The second kappa shape index (κ2) is 3.56. The van der Waals surface area contributed by atoms with Gasteiger partial charge in [-0.3, -0.25) is 5.10 Å². The number of nitrogen functional groups attached to an aromatic ring is 1. The van der Waals surface area contributed by atoms with Crippen LogP contribution in [0.4, 0.5) is 5.82 Å². The van der Waals surface area contributed by atoms with Crippen LogP contribution >= 0.6 is 11.6 Å². The molecular weight excluding hydrogens is 242 g/mol. The third-order valence-corrected chi connectivity index (χ3v) is 3.03. The number of nitrogens with two attached hydrogens (primary N) is 1. The number of hydrogen-bond donors (Lipinski definition) is 2. The van der Waals surface area contributed by atoms with Gasteiger partial charge < -0.3 is 15.2 Å². The molecule has 0 spiro atoms. The molecule has 5 nitrogen and oxygen atoms in total. The van der Waals surface area contributed by atoms with E-state index >= 15 is 0 Å². The van der Waals surface area contributed by atoms with Gasteiger partial charge in [-0.1, -0.05) is 11.6 Å². The number of nitrogens with one attached hydrogen (secondary N) is 1. The van der Waals surface area contributed by atoms with Crippen molar-refractivity contribution in [2.75, 3.05) is 12.5 Å². The lowest BCUT2D eigenvalue weighted by atomic mass is 10.0.